The minimum atomic E-state index is -0.895. The Morgan fingerprint density at radius 2 is 1.86 bits per heavy atom. The molecular formula is C20H20N2O6. The Bertz CT molecular complexity index is 1030. The Balaban J connectivity index is 1.94. The van der Waals surface area contributed by atoms with Gasteiger partial charge in [0.2, 0.25) is 5.88 Å². The smallest absolute Gasteiger partial charge is 0.258 e. The molecule has 8 heteroatoms. The Morgan fingerprint density at radius 1 is 1.18 bits per heavy atom. The minimum absolute atomic E-state index is 0.0269. The van der Waals surface area contributed by atoms with E-state index >= 15 is 0 Å². The first kappa shape index (κ1) is 19.3. The Kier molecular flexibility index (Phi) is 4.58. The van der Waals surface area contributed by atoms with Gasteiger partial charge < -0.3 is 14.9 Å². The fraction of sp³-hybridized carbons (Fsp3) is 0.300. The second kappa shape index (κ2) is 6.63. The molecule has 28 heavy (non-hydrogen) atoms. The molecule has 0 spiro atoms. The fourth-order valence-corrected chi connectivity index (χ4v) is 3.26. The summed E-state index contributed by atoms with van der Waals surface area (Å²) in [6.07, 6.45) is 0.191. The Labute approximate surface area is 161 Å². The van der Waals surface area contributed by atoms with E-state index in [1.807, 2.05) is 13.8 Å². The fourth-order valence-electron chi connectivity index (χ4n) is 3.26. The molecule has 8 nitrogen and oxygen atoms in total. The summed E-state index contributed by atoms with van der Waals surface area (Å²) in [5.74, 6) is -1.68. The number of hydrogen-bond acceptors (Lipinski definition) is 6. The number of furan rings is 1. The summed E-state index contributed by atoms with van der Waals surface area (Å²) in [5.41, 5.74) is 5.06. The van der Waals surface area contributed by atoms with Crippen LogP contribution in [0.5, 0.6) is 5.75 Å². The summed E-state index contributed by atoms with van der Waals surface area (Å²) < 4.78 is 11.1. The van der Waals surface area contributed by atoms with Crippen LogP contribution in [0.2, 0.25) is 0 Å². The lowest BCUT2D eigenvalue weighted by Gasteiger charge is -2.31. The lowest BCUT2D eigenvalue weighted by molar-refractivity contribution is 0.0619. The van der Waals surface area contributed by atoms with Crippen LogP contribution < -0.4 is 15.8 Å². The number of rotatable bonds is 4. The second-order valence-corrected chi connectivity index (χ2v) is 7.28. The summed E-state index contributed by atoms with van der Waals surface area (Å²) in [4.78, 5) is 48.6. The largest absolute Gasteiger partial charge is 0.487 e. The van der Waals surface area contributed by atoms with Crippen molar-refractivity contribution in [3.8, 4) is 5.75 Å². The van der Waals surface area contributed by atoms with Gasteiger partial charge in [-0.05, 0) is 45.9 Å². The van der Waals surface area contributed by atoms with Crippen LogP contribution in [0.1, 0.15) is 74.4 Å². The number of hydrogen-bond donors (Lipinski definition) is 2. The number of ketones is 2. The standard InChI is InChI=1S/C20H20N2O6/c1-9(23)15-10(2)27-19(16(15)17(21)25)22-18(26)11-5-6-14-12(7-11)13(24)8-20(3,4)28-14/h5-7H,8H2,1-4H3,(H2,21,25)(H,22,26). The van der Waals surface area contributed by atoms with E-state index in [2.05, 4.69) is 5.32 Å². The maximum absolute atomic E-state index is 12.6. The van der Waals surface area contributed by atoms with Crippen LogP contribution in [0.4, 0.5) is 5.88 Å². The van der Waals surface area contributed by atoms with Gasteiger partial charge in [0.25, 0.3) is 11.8 Å². The molecule has 3 rings (SSSR count). The minimum Gasteiger partial charge on any atom is -0.487 e. The van der Waals surface area contributed by atoms with Crippen LogP contribution in [-0.4, -0.2) is 29.0 Å². The van der Waals surface area contributed by atoms with Gasteiger partial charge in [-0.3, -0.25) is 24.5 Å². The lowest BCUT2D eigenvalue weighted by atomic mass is 9.92. The third kappa shape index (κ3) is 3.40. The third-order valence-electron chi connectivity index (χ3n) is 4.42. The topological polar surface area (TPSA) is 129 Å². The van der Waals surface area contributed by atoms with Crippen molar-refractivity contribution < 1.29 is 28.3 Å². The maximum atomic E-state index is 12.6. The average molecular weight is 384 g/mol. The number of carbonyl (C=O) groups excluding carboxylic acids is 4. The molecule has 0 atom stereocenters. The zero-order valence-electron chi connectivity index (χ0n) is 16.0. The molecule has 1 aliphatic heterocycles. The van der Waals surface area contributed by atoms with Crippen molar-refractivity contribution >= 4 is 29.3 Å². The molecular weight excluding hydrogens is 364 g/mol. The molecule has 0 radical (unpaired) electrons. The van der Waals surface area contributed by atoms with E-state index in [4.69, 9.17) is 14.9 Å². The second-order valence-electron chi connectivity index (χ2n) is 7.28. The first-order valence-corrected chi connectivity index (χ1v) is 8.62. The molecule has 2 heterocycles. The molecule has 2 amide bonds. The van der Waals surface area contributed by atoms with Gasteiger partial charge in [-0.2, -0.15) is 0 Å². The highest BCUT2D eigenvalue weighted by Gasteiger charge is 2.33. The van der Waals surface area contributed by atoms with Crippen molar-refractivity contribution in [3.05, 3.63) is 46.2 Å². The van der Waals surface area contributed by atoms with Crippen molar-refractivity contribution in [2.45, 2.75) is 39.7 Å². The van der Waals surface area contributed by atoms with Crippen LogP contribution in [0.15, 0.2) is 22.6 Å². The van der Waals surface area contributed by atoms with E-state index in [9.17, 15) is 19.2 Å². The molecule has 2 aromatic rings. The summed E-state index contributed by atoms with van der Waals surface area (Å²) in [5, 5.41) is 2.45. The van der Waals surface area contributed by atoms with Gasteiger partial charge in [0.05, 0.1) is 17.5 Å². The van der Waals surface area contributed by atoms with E-state index in [0.717, 1.165) is 0 Å². The number of ether oxygens (including phenoxy) is 1. The predicted molar refractivity (Wildman–Crippen MR) is 100 cm³/mol. The molecule has 1 aromatic carbocycles. The molecule has 3 N–H and O–H groups in total. The predicted octanol–water partition coefficient (Wildman–Crippen LogP) is 2.89. The molecule has 1 aliphatic rings. The Hall–Kier alpha value is -3.42. The van der Waals surface area contributed by atoms with Crippen molar-refractivity contribution in [2.24, 2.45) is 5.73 Å². The average Bonchev–Trinajstić information content (AvgIpc) is 2.89. The van der Waals surface area contributed by atoms with Gasteiger partial charge in [-0.1, -0.05) is 0 Å². The summed E-state index contributed by atoms with van der Waals surface area (Å²) >= 11 is 0. The van der Waals surface area contributed by atoms with Crippen LogP contribution in [-0.2, 0) is 0 Å². The molecule has 0 aliphatic carbocycles. The monoisotopic (exact) mass is 384 g/mol. The molecule has 0 saturated heterocycles. The molecule has 0 fully saturated rings. The van der Waals surface area contributed by atoms with Crippen molar-refractivity contribution in [2.75, 3.05) is 5.32 Å². The normalized spacial score (nSPS) is 14.8. The van der Waals surface area contributed by atoms with Crippen LogP contribution in [0.3, 0.4) is 0 Å². The van der Waals surface area contributed by atoms with Gasteiger partial charge in [0.1, 0.15) is 22.7 Å². The maximum Gasteiger partial charge on any atom is 0.258 e. The Morgan fingerprint density at radius 3 is 2.46 bits per heavy atom. The summed E-state index contributed by atoms with van der Waals surface area (Å²) in [6.45, 7) is 6.39. The number of amides is 2. The molecule has 146 valence electrons. The van der Waals surface area contributed by atoms with E-state index in [-0.39, 0.29) is 40.5 Å². The highest BCUT2D eigenvalue weighted by atomic mass is 16.5. The van der Waals surface area contributed by atoms with E-state index < -0.39 is 23.2 Å². The number of nitrogens with one attached hydrogen (secondary N) is 1. The van der Waals surface area contributed by atoms with Gasteiger partial charge in [-0.15, -0.1) is 0 Å². The number of anilines is 1. The van der Waals surface area contributed by atoms with Gasteiger partial charge in [0, 0.05) is 5.56 Å². The molecule has 0 unspecified atom stereocenters. The van der Waals surface area contributed by atoms with Crippen molar-refractivity contribution in [3.63, 3.8) is 0 Å². The van der Waals surface area contributed by atoms with E-state index in [1.165, 1.54) is 26.0 Å². The third-order valence-corrected chi connectivity index (χ3v) is 4.42. The lowest BCUT2D eigenvalue weighted by Crippen LogP contribution is -2.36. The van der Waals surface area contributed by atoms with Crippen LogP contribution >= 0.6 is 0 Å². The number of primary amides is 1. The number of benzene rings is 1. The van der Waals surface area contributed by atoms with Gasteiger partial charge in [-0.25, -0.2) is 0 Å². The zero-order chi connectivity index (χ0) is 20.8. The van der Waals surface area contributed by atoms with Crippen LogP contribution in [0.25, 0.3) is 0 Å². The zero-order valence-corrected chi connectivity index (χ0v) is 16.0. The summed E-state index contributed by atoms with van der Waals surface area (Å²) in [6, 6.07) is 4.47. The quantitative estimate of drug-likeness (QED) is 0.780. The first-order chi connectivity index (χ1) is 13.0. The number of nitrogens with two attached hydrogens (primary N) is 1. The van der Waals surface area contributed by atoms with Crippen molar-refractivity contribution in [1.29, 1.82) is 0 Å². The molecule has 0 bridgehead atoms. The van der Waals surface area contributed by atoms with Crippen molar-refractivity contribution in [1.82, 2.24) is 0 Å². The van der Waals surface area contributed by atoms with Gasteiger partial charge >= 0.3 is 0 Å². The van der Waals surface area contributed by atoms with Gasteiger partial charge in [0.15, 0.2) is 11.6 Å². The number of Topliss-reactive ketones (excluding diaryl/α,β-unsaturated/α-hetero) is 2. The number of carbonyl (C=O) groups is 4. The number of fused-ring (bicyclic) bond motifs is 1. The van der Waals surface area contributed by atoms with E-state index in [1.54, 1.807) is 6.07 Å². The summed E-state index contributed by atoms with van der Waals surface area (Å²) in [7, 11) is 0. The highest BCUT2D eigenvalue weighted by molar-refractivity contribution is 6.14. The van der Waals surface area contributed by atoms with E-state index in [0.29, 0.717) is 11.3 Å². The highest BCUT2D eigenvalue weighted by Crippen LogP contribution is 2.34. The molecule has 0 saturated carbocycles. The van der Waals surface area contributed by atoms with Crippen LogP contribution in [0, 0.1) is 6.92 Å². The number of aryl methyl sites for hydroxylation is 1. The molecule has 1 aromatic heterocycles. The first-order valence-electron chi connectivity index (χ1n) is 8.62. The SMILES string of the molecule is CC(=O)c1c(C)oc(NC(=O)c2ccc3c(c2)C(=O)CC(C)(C)O3)c1C(N)=O.